The number of benzene rings is 3. The van der Waals surface area contributed by atoms with E-state index in [1.165, 1.54) is 21.9 Å². The van der Waals surface area contributed by atoms with Crippen LogP contribution < -0.4 is 0 Å². The van der Waals surface area contributed by atoms with Gasteiger partial charge in [0.1, 0.15) is 0 Å². The molecule has 122 valence electrons. The fraction of sp³-hybridized carbons (Fsp3) is 0.273. The summed E-state index contributed by atoms with van der Waals surface area (Å²) in [5, 5.41) is 2.64. The zero-order valence-corrected chi connectivity index (χ0v) is 14.2. The minimum Gasteiger partial charge on any atom is -0.304 e. The summed E-state index contributed by atoms with van der Waals surface area (Å²) >= 11 is 0. The van der Waals surface area contributed by atoms with E-state index in [2.05, 4.69) is 89.6 Å². The first-order valence-corrected chi connectivity index (χ1v) is 8.77. The molecule has 3 aromatic rings. The summed E-state index contributed by atoms with van der Waals surface area (Å²) in [5.74, 6) is 0. The zero-order chi connectivity index (χ0) is 16.4. The Morgan fingerprint density at radius 1 is 0.667 bits per heavy atom. The second kappa shape index (κ2) is 6.76. The van der Waals surface area contributed by atoms with Crippen LogP contribution in [0.5, 0.6) is 0 Å². The van der Waals surface area contributed by atoms with Gasteiger partial charge in [-0.15, -0.1) is 0 Å². The highest BCUT2D eigenvalue weighted by molar-refractivity contribution is 5.83. The minimum absolute atomic E-state index is 0.338. The normalized spacial score (nSPS) is 17.9. The number of fused-ring (bicyclic) bond motifs is 1. The van der Waals surface area contributed by atoms with Gasteiger partial charge in [-0.25, -0.2) is 0 Å². The van der Waals surface area contributed by atoms with Crippen LogP contribution in [0, 0.1) is 0 Å². The van der Waals surface area contributed by atoms with Gasteiger partial charge in [0.15, 0.2) is 0 Å². The van der Waals surface area contributed by atoms with Gasteiger partial charge in [-0.2, -0.15) is 0 Å². The Kier molecular flexibility index (Phi) is 4.33. The minimum atomic E-state index is 0.338. The van der Waals surface area contributed by atoms with Gasteiger partial charge in [0.2, 0.25) is 0 Å². The van der Waals surface area contributed by atoms with Crippen LogP contribution >= 0.6 is 0 Å². The summed E-state index contributed by atoms with van der Waals surface area (Å²) in [5.41, 5.74) is 2.78. The summed E-state index contributed by atoms with van der Waals surface area (Å²) in [7, 11) is 2.21. The molecule has 1 saturated heterocycles. The molecule has 1 atom stereocenters. The number of nitrogens with zero attached hydrogens (tertiary/aromatic N) is 2. The molecule has 0 amide bonds. The number of hydrogen-bond donors (Lipinski definition) is 0. The van der Waals surface area contributed by atoms with Crippen molar-refractivity contribution in [1.29, 1.82) is 0 Å². The molecule has 0 N–H and O–H groups in total. The summed E-state index contributed by atoms with van der Waals surface area (Å²) in [6.45, 7) is 4.50. The third-order valence-electron chi connectivity index (χ3n) is 5.11. The van der Waals surface area contributed by atoms with E-state index in [1.54, 1.807) is 0 Å². The predicted octanol–water partition coefficient (Wildman–Crippen LogP) is 4.18. The van der Waals surface area contributed by atoms with E-state index in [-0.39, 0.29) is 0 Å². The first-order chi connectivity index (χ1) is 11.8. The molecule has 24 heavy (non-hydrogen) atoms. The molecule has 1 heterocycles. The lowest BCUT2D eigenvalue weighted by Crippen LogP contribution is -2.46. The van der Waals surface area contributed by atoms with E-state index in [0.29, 0.717) is 6.04 Å². The maximum atomic E-state index is 2.62. The molecule has 0 aliphatic carbocycles. The topological polar surface area (TPSA) is 6.48 Å². The van der Waals surface area contributed by atoms with E-state index in [9.17, 15) is 0 Å². The largest absolute Gasteiger partial charge is 0.304 e. The van der Waals surface area contributed by atoms with Crippen molar-refractivity contribution in [2.75, 3.05) is 33.2 Å². The van der Waals surface area contributed by atoms with Crippen LogP contribution in [0.4, 0.5) is 0 Å². The number of likely N-dealkylation sites (N-methyl/N-ethyl adjacent to an activating group) is 1. The first-order valence-electron chi connectivity index (χ1n) is 8.77. The first kappa shape index (κ1) is 15.4. The molecule has 2 nitrogen and oxygen atoms in total. The summed E-state index contributed by atoms with van der Waals surface area (Å²) < 4.78 is 0. The molecule has 0 spiro atoms. The van der Waals surface area contributed by atoms with Crippen LogP contribution in [0.2, 0.25) is 0 Å². The summed E-state index contributed by atoms with van der Waals surface area (Å²) in [6, 6.07) is 26.8. The molecule has 1 unspecified atom stereocenters. The summed E-state index contributed by atoms with van der Waals surface area (Å²) in [6.07, 6.45) is 0. The van der Waals surface area contributed by atoms with Crippen molar-refractivity contribution in [2.45, 2.75) is 6.04 Å². The molecule has 1 fully saturated rings. The monoisotopic (exact) mass is 316 g/mol. The molecule has 2 heteroatoms. The van der Waals surface area contributed by atoms with Crippen molar-refractivity contribution >= 4 is 10.8 Å². The Morgan fingerprint density at radius 3 is 2.08 bits per heavy atom. The molecule has 0 radical (unpaired) electrons. The van der Waals surface area contributed by atoms with Gasteiger partial charge < -0.3 is 4.90 Å². The highest BCUT2D eigenvalue weighted by Gasteiger charge is 2.25. The fourth-order valence-corrected chi connectivity index (χ4v) is 3.71. The van der Waals surface area contributed by atoms with Crippen molar-refractivity contribution < 1.29 is 0 Å². The summed E-state index contributed by atoms with van der Waals surface area (Å²) in [4.78, 5) is 5.04. The number of hydrogen-bond acceptors (Lipinski definition) is 2. The predicted molar refractivity (Wildman–Crippen MR) is 101 cm³/mol. The Balaban J connectivity index is 1.76. The lowest BCUT2D eigenvalue weighted by atomic mass is 9.94. The highest BCUT2D eigenvalue weighted by atomic mass is 15.3. The van der Waals surface area contributed by atoms with E-state index in [4.69, 9.17) is 0 Å². The van der Waals surface area contributed by atoms with E-state index in [1.807, 2.05) is 0 Å². The molecule has 0 aromatic heterocycles. The Morgan fingerprint density at radius 2 is 1.33 bits per heavy atom. The zero-order valence-electron chi connectivity index (χ0n) is 14.2. The van der Waals surface area contributed by atoms with Crippen LogP contribution in [0.3, 0.4) is 0 Å². The average molecular weight is 316 g/mol. The van der Waals surface area contributed by atoms with Gasteiger partial charge in [0.05, 0.1) is 6.04 Å². The van der Waals surface area contributed by atoms with Crippen molar-refractivity contribution in [3.05, 3.63) is 83.9 Å². The molecular formula is C22H24N2. The van der Waals surface area contributed by atoms with Crippen molar-refractivity contribution in [3.8, 4) is 0 Å². The van der Waals surface area contributed by atoms with Crippen LogP contribution in [-0.2, 0) is 0 Å². The lowest BCUT2D eigenvalue weighted by Gasteiger charge is -2.38. The van der Waals surface area contributed by atoms with Crippen LogP contribution in [-0.4, -0.2) is 43.0 Å². The van der Waals surface area contributed by atoms with E-state index in [0.717, 1.165) is 26.2 Å². The maximum absolute atomic E-state index is 2.62. The Hall–Kier alpha value is -2.16. The van der Waals surface area contributed by atoms with E-state index < -0.39 is 0 Å². The van der Waals surface area contributed by atoms with E-state index >= 15 is 0 Å². The standard InChI is InChI=1S/C22H24N2/c1-23-13-15-24(16-14-23)22(19-8-3-2-4-9-19)21-12-11-18-7-5-6-10-20(18)17-21/h2-12,17,22H,13-16H2,1H3. The number of rotatable bonds is 3. The molecular weight excluding hydrogens is 292 g/mol. The van der Waals surface area contributed by atoms with Gasteiger partial charge in [0.25, 0.3) is 0 Å². The molecule has 0 bridgehead atoms. The average Bonchev–Trinajstić information content (AvgIpc) is 2.64. The van der Waals surface area contributed by atoms with Crippen molar-refractivity contribution in [1.82, 2.24) is 9.80 Å². The lowest BCUT2D eigenvalue weighted by molar-refractivity contribution is 0.127. The van der Waals surface area contributed by atoms with Gasteiger partial charge >= 0.3 is 0 Å². The molecule has 0 saturated carbocycles. The van der Waals surface area contributed by atoms with Gasteiger partial charge in [-0.3, -0.25) is 4.90 Å². The van der Waals surface area contributed by atoms with Gasteiger partial charge in [-0.1, -0.05) is 66.7 Å². The molecule has 1 aliphatic heterocycles. The quantitative estimate of drug-likeness (QED) is 0.715. The third kappa shape index (κ3) is 3.08. The molecule has 3 aromatic carbocycles. The Bertz CT molecular complexity index is 804. The van der Waals surface area contributed by atoms with Crippen molar-refractivity contribution in [3.63, 3.8) is 0 Å². The Labute approximate surface area is 144 Å². The second-order valence-corrected chi connectivity index (χ2v) is 6.76. The van der Waals surface area contributed by atoms with Gasteiger partial charge in [-0.05, 0) is 35.0 Å². The number of piperazine rings is 1. The van der Waals surface area contributed by atoms with Crippen LogP contribution in [0.1, 0.15) is 17.2 Å². The van der Waals surface area contributed by atoms with Gasteiger partial charge in [0, 0.05) is 26.2 Å². The maximum Gasteiger partial charge on any atom is 0.0602 e. The van der Waals surface area contributed by atoms with Crippen molar-refractivity contribution in [2.24, 2.45) is 0 Å². The fourth-order valence-electron chi connectivity index (χ4n) is 3.71. The SMILES string of the molecule is CN1CCN(C(c2ccccc2)c2ccc3ccccc3c2)CC1. The third-order valence-corrected chi connectivity index (χ3v) is 5.11. The second-order valence-electron chi connectivity index (χ2n) is 6.76. The highest BCUT2D eigenvalue weighted by Crippen LogP contribution is 2.31. The van der Waals surface area contributed by atoms with Crippen LogP contribution in [0.25, 0.3) is 10.8 Å². The van der Waals surface area contributed by atoms with Crippen LogP contribution in [0.15, 0.2) is 72.8 Å². The molecule has 4 rings (SSSR count). The smallest absolute Gasteiger partial charge is 0.0602 e. The molecule has 1 aliphatic rings.